The molecule has 1 aliphatic heterocycles. The van der Waals surface area contributed by atoms with Crippen molar-refractivity contribution >= 4 is 56.2 Å². The Balaban J connectivity index is 1.29. The van der Waals surface area contributed by atoms with Crippen LogP contribution in [0.25, 0.3) is 16.3 Å². The van der Waals surface area contributed by atoms with Crippen molar-refractivity contribution in [3.8, 4) is 0 Å². The summed E-state index contributed by atoms with van der Waals surface area (Å²) in [6.07, 6.45) is 17.2. The predicted octanol–water partition coefficient (Wildman–Crippen LogP) is 8.01. The van der Waals surface area contributed by atoms with Crippen molar-refractivity contribution in [1.82, 2.24) is 0 Å². The lowest BCUT2D eigenvalue weighted by Crippen LogP contribution is -2.33. The summed E-state index contributed by atoms with van der Waals surface area (Å²) in [5, 5.41) is 1.28. The van der Waals surface area contributed by atoms with Gasteiger partial charge in [0.1, 0.15) is 11.2 Å². The predicted molar refractivity (Wildman–Crippen MR) is 170 cm³/mol. The zero-order chi connectivity index (χ0) is 27.8. The van der Waals surface area contributed by atoms with E-state index in [4.69, 9.17) is 4.18 Å². The second-order valence-corrected chi connectivity index (χ2v) is 14.1. The van der Waals surface area contributed by atoms with Crippen molar-refractivity contribution in [2.75, 3.05) is 24.8 Å². The highest BCUT2D eigenvalue weighted by Gasteiger charge is 2.27. The van der Waals surface area contributed by atoms with E-state index in [0.29, 0.717) is 5.92 Å². The molecule has 0 saturated carbocycles. The molecule has 6 rings (SSSR count). The molecule has 0 radical (unpaired) electrons. The van der Waals surface area contributed by atoms with E-state index < -0.39 is 10.8 Å². The van der Waals surface area contributed by atoms with Gasteiger partial charge in [-0.25, -0.2) is 0 Å². The van der Waals surface area contributed by atoms with Crippen LogP contribution in [0.3, 0.4) is 0 Å². The van der Waals surface area contributed by atoms with Crippen molar-refractivity contribution in [3.05, 3.63) is 87.6 Å². The number of benzene rings is 2. The molecule has 1 aromatic heterocycles. The van der Waals surface area contributed by atoms with Crippen LogP contribution >= 0.6 is 23.4 Å². The summed E-state index contributed by atoms with van der Waals surface area (Å²) >= 11 is 3.26. The summed E-state index contributed by atoms with van der Waals surface area (Å²) in [4.78, 5) is 4.51. The molecule has 0 bridgehead atoms. The molecular weight excluding hydrogens is 553 g/mol. The van der Waals surface area contributed by atoms with Gasteiger partial charge in [0.25, 0.3) is 5.01 Å². The van der Waals surface area contributed by atoms with Gasteiger partial charge in [0, 0.05) is 64.6 Å². The molecule has 3 aromatic rings. The Morgan fingerprint density at radius 1 is 1.12 bits per heavy atom. The topological polar surface area (TPSA) is 33.4 Å². The number of nitrogens with zero attached hydrogens (tertiary/aromatic N) is 2. The Morgan fingerprint density at radius 2 is 1.98 bits per heavy atom. The van der Waals surface area contributed by atoms with E-state index in [2.05, 4.69) is 78.0 Å². The first-order chi connectivity index (χ1) is 19.5. The number of allylic oxidation sites excluding steroid dienone is 7. The minimum Gasteiger partial charge on any atom is -0.345 e. The second-order valence-electron chi connectivity index (χ2n) is 10.7. The molecule has 2 unspecified atom stereocenters. The third kappa shape index (κ3) is 5.41. The van der Waals surface area contributed by atoms with Crippen LogP contribution in [0.4, 0.5) is 5.69 Å². The van der Waals surface area contributed by atoms with E-state index in [0.717, 1.165) is 42.1 Å². The molecule has 2 heterocycles. The number of hydrogen-bond donors (Lipinski definition) is 0. The number of hydrogen-bond acceptors (Lipinski definition) is 5. The highest BCUT2D eigenvalue weighted by Crippen LogP contribution is 2.41. The number of anilines is 1. The van der Waals surface area contributed by atoms with E-state index in [9.17, 15) is 4.21 Å². The molecule has 0 spiro atoms. The van der Waals surface area contributed by atoms with Gasteiger partial charge >= 0.3 is 0 Å². The van der Waals surface area contributed by atoms with Crippen molar-refractivity contribution in [3.63, 3.8) is 0 Å². The first kappa shape index (κ1) is 27.7. The molecule has 4 nitrogen and oxygen atoms in total. The first-order valence-electron chi connectivity index (χ1n) is 14.2. The van der Waals surface area contributed by atoms with Gasteiger partial charge in [0.2, 0.25) is 5.52 Å². The van der Waals surface area contributed by atoms with Crippen molar-refractivity contribution < 1.29 is 13.0 Å². The third-order valence-electron chi connectivity index (χ3n) is 8.31. The van der Waals surface area contributed by atoms with Crippen LogP contribution in [0.5, 0.6) is 0 Å². The number of likely N-dealkylation sites (N-methyl/N-ethyl adjacent to an activating group) is 1. The van der Waals surface area contributed by atoms with Crippen molar-refractivity contribution in [2.24, 2.45) is 5.92 Å². The normalized spacial score (nSPS) is 21.5. The van der Waals surface area contributed by atoms with E-state index >= 15 is 0 Å². The summed E-state index contributed by atoms with van der Waals surface area (Å²) < 4.78 is 21.0. The van der Waals surface area contributed by atoms with Gasteiger partial charge in [-0.1, -0.05) is 29.6 Å². The van der Waals surface area contributed by atoms with Gasteiger partial charge in [-0.05, 0) is 98.1 Å². The standard InChI is InChI=1S/C33H37N2O2S3/c1-5-34-27(19-25-11-12-28(39-37-3)20-30(25)34)17-22-7-9-24-10-8-23(16-26(24)15-22)18-33-35(6-2)31-21-29(40(4)36)13-14-32(31)38-33/h11-18,20-21,24H,5-10,19H2,1-4H3/q+1. The number of rotatable bonds is 7. The fourth-order valence-corrected chi connectivity index (χ4v) is 8.54. The summed E-state index contributed by atoms with van der Waals surface area (Å²) in [5.41, 5.74) is 9.65. The summed E-state index contributed by atoms with van der Waals surface area (Å²) in [6, 6.07) is 12.9. The summed E-state index contributed by atoms with van der Waals surface area (Å²) in [6.45, 7) is 6.30. The molecule has 0 fully saturated rings. The molecule has 2 atom stereocenters. The van der Waals surface area contributed by atoms with Gasteiger partial charge in [-0.15, -0.1) is 0 Å². The lowest BCUT2D eigenvalue weighted by Gasteiger charge is -2.29. The molecular formula is C33H37N2O2S3+. The average Bonchev–Trinajstić information content (AvgIpc) is 3.48. The van der Waals surface area contributed by atoms with Crippen LogP contribution in [-0.2, 0) is 27.9 Å². The number of fused-ring (bicyclic) bond motifs is 3. The second kappa shape index (κ2) is 11.8. The average molecular weight is 590 g/mol. The van der Waals surface area contributed by atoms with Crippen LogP contribution in [-0.4, -0.2) is 24.1 Å². The SMILES string of the molecule is CCN1/C(=C/C2=CC3=C/C(=C/c4sc5ccc(S(C)=O)cc5[n+]4CC)CCC3CC2)Cc2ccc(SOC)cc21. The molecule has 0 saturated heterocycles. The Morgan fingerprint density at radius 3 is 2.75 bits per heavy atom. The van der Waals surface area contributed by atoms with Crippen LogP contribution in [0.15, 0.2) is 86.8 Å². The highest BCUT2D eigenvalue weighted by molar-refractivity contribution is 7.94. The molecule has 0 N–H and O–H groups in total. The molecule has 2 aromatic carbocycles. The van der Waals surface area contributed by atoms with Crippen molar-refractivity contribution in [1.29, 1.82) is 0 Å². The minimum absolute atomic E-state index is 0.666. The van der Waals surface area contributed by atoms with E-state index in [1.54, 1.807) is 13.4 Å². The van der Waals surface area contributed by atoms with Gasteiger partial charge in [0.15, 0.2) is 0 Å². The van der Waals surface area contributed by atoms with Crippen LogP contribution in [0.1, 0.15) is 50.1 Å². The summed E-state index contributed by atoms with van der Waals surface area (Å²) in [7, 11) is 0.750. The van der Waals surface area contributed by atoms with Crippen molar-refractivity contribution in [2.45, 2.75) is 62.3 Å². The molecule has 3 aliphatic rings. The van der Waals surface area contributed by atoms with Crippen LogP contribution < -0.4 is 9.47 Å². The lowest BCUT2D eigenvalue weighted by molar-refractivity contribution is -0.665. The fraction of sp³-hybridized carbons (Fsp3) is 0.364. The lowest BCUT2D eigenvalue weighted by atomic mass is 9.77. The number of aryl methyl sites for hydroxylation is 1. The molecule has 0 amide bonds. The Kier molecular flexibility index (Phi) is 8.18. The maximum absolute atomic E-state index is 12.1. The van der Waals surface area contributed by atoms with E-state index in [1.807, 2.05) is 17.4 Å². The zero-order valence-electron chi connectivity index (χ0n) is 23.7. The first-order valence-corrected chi connectivity index (χ1v) is 17.3. The van der Waals surface area contributed by atoms with Gasteiger partial charge < -0.3 is 9.08 Å². The number of thiazole rings is 1. The fourth-order valence-electron chi connectivity index (χ4n) is 6.34. The zero-order valence-corrected chi connectivity index (χ0v) is 26.2. The highest BCUT2D eigenvalue weighted by atomic mass is 32.2. The molecule has 2 aliphatic carbocycles. The third-order valence-corrected chi connectivity index (χ3v) is 11.0. The van der Waals surface area contributed by atoms with Crippen LogP contribution in [0.2, 0.25) is 0 Å². The Bertz CT molecular complexity index is 1610. The van der Waals surface area contributed by atoms with E-state index in [1.165, 1.54) is 73.8 Å². The summed E-state index contributed by atoms with van der Waals surface area (Å²) in [5.74, 6) is 0.666. The monoisotopic (exact) mass is 589 g/mol. The maximum Gasteiger partial charge on any atom is 0.263 e. The smallest absolute Gasteiger partial charge is 0.263 e. The molecule has 40 heavy (non-hydrogen) atoms. The van der Waals surface area contributed by atoms with E-state index in [-0.39, 0.29) is 0 Å². The quantitative estimate of drug-likeness (QED) is 0.207. The molecule has 7 heteroatoms. The van der Waals surface area contributed by atoms with Crippen LogP contribution in [0, 0.1) is 5.92 Å². The van der Waals surface area contributed by atoms with Gasteiger partial charge in [-0.3, -0.25) is 4.21 Å². The van der Waals surface area contributed by atoms with Gasteiger partial charge in [-0.2, -0.15) is 4.57 Å². The Hall–Kier alpha value is -2.45. The molecule has 208 valence electrons. The maximum atomic E-state index is 12.1. The number of aromatic nitrogens is 1. The van der Waals surface area contributed by atoms with Gasteiger partial charge in [0.05, 0.1) is 17.9 Å². The largest absolute Gasteiger partial charge is 0.345 e. The Labute approximate surface area is 248 Å². The minimum atomic E-state index is -0.973.